The SMILES string of the molecule is CNC(=O)ON=C(C)CSCC(C)C. The Bertz CT molecular complexity index is 205. The third kappa shape index (κ3) is 7.91. The first kappa shape index (κ1) is 13.3. The van der Waals surface area contributed by atoms with Crippen molar-refractivity contribution >= 4 is 23.6 Å². The highest BCUT2D eigenvalue weighted by Crippen LogP contribution is 2.07. The maximum atomic E-state index is 10.7. The topological polar surface area (TPSA) is 50.7 Å². The van der Waals surface area contributed by atoms with Gasteiger partial charge in [-0.3, -0.25) is 4.84 Å². The zero-order chi connectivity index (χ0) is 11.0. The first-order valence-electron chi connectivity index (χ1n) is 4.56. The number of rotatable bonds is 5. The predicted molar refractivity (Wildman–Crippen MR) is 60.8 cm³/mol. The maximum Gasteiger partial charge on any atom is 0.433 e. The van der Waals surface area contributed by atoms with E-state index in [1.54, 1.807) is 11.8 Å². The summed E-state index contributed by atoms with van der Waals surface area (Å²) in [7, 11) is 1.50. The van der Waals surface area contributed by atoms with Gasteiger partial charge in [-0.1, -0.05) is 19.0 Å². The van der Waals surface area contributed by atoms with Gasteiger partial charge in [-0.15, -0.1) is 0 Å². The Kier molecular flexibility index (Phi) is 7.28. The molecule has 82 valence electrons. The first-order chi connectivity index (χ1) is 6.56. The van der Waals surface area contributed by atoms with Crippen LogP contribution in [0, 0.1) is 5.92 Å². The van der Waals surface area contributed by atoms with Gasteiger partial charge in [0.2, 0.25) is 0 Å². The summed E-state index contributed by atoms with van der Waals surface area (Å²) in [4.78, 5) is 15.2. The summed E-state index contributed by atoms with van der Waals surface area (Å²) in [5.41, 5.74) is 0.819. The van der Waals surface area contributed by atoms with Crippen LogP contribution < -0.4 is 5.32 Å². The van der Waals surface area contributed by atoms with Crippen LogP contribution in [0.1, 0.15) is 20.8 Å². The molecule has 14 heavy (non-hydrogen) atoms. The van der Waals surface area contributed by atoms with E-state index >= 15 is 0 Å². The molecule has 0 fully saturated rings. The molecule has 5 heteroatoms. The van der Waals surface area contributed by atoms with Gasteiger partial charge in [0.05, 0.1) is 5.71 Å². The summed E-state index contributed by atoms with van der Waals surface area (Å²) in [6.07, 6.45) is -0.529. The van der Waals surface area contributed by atoms with Gasteiger partial charge in [-0.2, -0.15) is 11.8 Å². The maximum absolute atomic E-state index is 10.7. The quantitative estimate of drug-likeness (QED) is 0.437. The molecule has 0 saturated carbocycles. The number of amides is 1. The molecular formula is C9H18N2O2S. The zero-order valence-corrected chi connectivity index (χ0v) is 9.98. The fourth-order valence-corrected chi connectivity index (χ4v) is 1.57. The molecule has 0 aromatic heterocycles. The molecule has 4 nitrogen and oxygen atoms in total. The molecule has 0 atom stereocenters. The number of nitrogens with zero attached hydrogens (tertiary/aromatic N) is 1. The van der Waals surface area contributed by atoms with Crippen LogP contribution in [0.5, 0.6) is 0 Å². The number of oxime groups is 1. The molecule has 0 aromatic carbocycles. The van der Waals surface area contributed by atoms with E-state index in [0.29, 0.717) is 5.92 Å². The molecule has 1 amide bonds. The van der Waals surface area contributed by atoms with Crippen molar-refractivity contribution < 1.29 is 9.63 Å². The summed E-state index contributed by atoms with van der Waals surface area (Å²) in [5.74, 6) is 2.56. The van der Waals surface area contributed by atoms with Crippen molar-refractivity contribution in [2.45, 2.75) is 20.8 Å². The molecule has 1 N–H and O–H groups in total. The molecule has 0 radical (unpaired) electrons. The molecule has 0 unspecified atom stereocenters. The van der Waals surface area contributed by atoms with E-state index in [2.05, 4.69) is 29.2 Å². The normalized spacial score (nSPS) is 11.6. The van der Waals surface area contributed by atoms with E-state index in [9.17, 15) is 4.79 Å². The van der Waals surface area contributed by atoms with Crippen LogP contribution in [0.15, 0.2) is 5.16 Å². The molecule has 0 aliphatic carbocycles. The highest BCUT2D eigenvalue weighted by atomic mass is 32.2. The molecule has 0 heterocycles. The van der Waals surface area contributed by atoms with Gasteiger partial charge in [-0.05, 0) is 18.6 Å². The van der Waals surface area contributed by atoms with E-state index in [-0.39, 0.29) is 0 Å². The average Bonchev–Trinajstić information content (AvgIpc) is 2.13. The van der Waals surface area contributed by atoms with E-state index in [1.165, 1.54) is 7.05 Å². The lowest BCUT2D eigenvalue weighted by atomic mass is 10.3. The van der Waals surface area contributed by atoms with Gasteiger partial charge in [0.25, 0.3) is 0 Å². The second-order valence-electron chi connectivity index (χ2n) is 3.36. The Hall–Kier alpha value is -0.710. The Labute approximate surface area is 89.5 Å². The third-order valence-corrected chi connectivity index (χ3v) is 2.77. The molecule has 0 aliphatic heterocycles. The number of carbonyl (C=O) groups excluding carboxylic acids is 1. The van der Waals surface area contributed by atoms with E-state index in [4.69, 9.17) is 0 Å². The number of hydrogen-bond acceptors (Lipinski definition) is 4. The van der Waals surface area contributed by atoms with Gasteiger partial charge < -0.3 is 5.32 Å². The van der Waals surface area contributed by atoms with Crippen LogP contribution in [-0.2, 0) is 4.84 Å². The number of thioether (sulfide) groups is 1. The van der Waals surface area contributed by atoms with Crippen molar-refractivity contribution in [1.29, 1.82) is 0 Å². The zero-order valence-electron chi connectivity index (χ0n) is 9.16. The predicted octanol–water partition coefficient (Wildman–Crippen LogP) is 2.11. The summed E-state index contributed by atoms with van der Waals surface area (Å²) in [5, 5.41) is 6.00. The molecule has 0 aromatic rings. The van der Waals surface area contributed by atoms with Crippen molar-refractivity contribution in [2.75, 3.05) is 18.6 Å². The lowest BCUT2D eigenvalue weighted by Gasteiger charge is -2.03. The summed E-state index contributed by atoms with van der Waals surface area (Å²) >= 11 is 1.79. The van der Waals surface area contributed by atoms with Crippen LogP contribution >= 0.6 is 11.8 Å². The fourth-order valence-electron chi connectivity index (χ4n) is 0.634. The van der Waals surface area contributed by atoms with E-state index < -0.39 is 6.09 Å². The molecule has 0 rings (SSSR count). The smallest absolute Gasteiger partial charge is 0.323 e. The number of carbonyl (C=O) groups is 1. The van der Waals surface area contributed by atoms with Crippen LogP contribution in [0.25, 0.3) is 0 Å². The van der Waals surface area contributed by atoms with Crippen molar-refractivity contribution in [1.82, 2.24) is 5.32 Å². The Morgan fingerprint density at radius 2 is 2.21 bits per heavy atom. The molecular weight excluding hydrogens is 200 g/mol. The lowest BCUT2D eigenvalue weighted by Crippen LogP contribution is -2.17. The largest absolute Gasteiger partial charge is 0.433 e. The second kappa shape index (κ2) is 7.67. The lowest BCUT2D eigenvalue weighted by molar-refractivity contribution is 0.153. The highest BCUT2D eigenvalue weighted by Gasteiger charge is 1.99. The molecule has 0 spiro atoms. The Morgan fingerprint density at radius 3 is 2.71 bits per heavy atom. The van der Waals surface area contributed by atoms with Crippen LogP contribution in [0.4, 0.5) is 4.79 Å². The molecule has 0 aliphatic rings. The summed E-state index contributed by atoms with van der Waals surface area (Å²) < 4.78 is 0. The van der Waals surface area contributed by atoms with Gasteiger partial charge in [0.15, 0.2) is 0 Å². The standard InChI is InChI=1S/C9H18N2O2S/c1-7(2)5-14-6-8(3)11-13-9(12)10-4/h7H,5-6H2,1-4H3,(H,10,12). The monoisotopic (exact) mass is 218 g/mol. The number of hydrogen-bond donors (Lipinski definition) is 1. The Morgan fingerprint density at radius 1 is 1.57 bits per heavy atom. The second-order valence-corrected chi connectivity index (χ2v) is 4.39. The van der Waals surface area contributed by atoms with Crippen molar-refractivity contribution in [3.8, 4) is 0 Å². The van der Waals surface area contributed by atoms with Crippen molar-refractivity contribution in [3.63, 3.8) is 0 Å². The van der Waals surface area contributed by atoms with E-state index in [1.807, 2.05) is 6.92 Å². The molecule has 0 saturated heterocycles. The first-order valence-corrected chi connectivity index (χ1v) is 5.71. The van der Waals surface area contributed by atoms with E-state index in [0.717, 1.165) is 17.2 Å². The third-order valence-electron chi connectivity index (χ3n) is 1.25. The highest BCUT2D eigenvalue weighted by molar-refractivity contribution is 7.99. The van der Waals surface area contributed by atoms with Gasteiger partial charge in [-0.25, -0.2) is 4.79 Å². The van der Waals surface area contributed by atoms with Crippen molar-refractivity contribution in [3.05, 3.63) is 0 Å². The fraction of sp³-hybridized carbons (Fsp3) is 0.778. The minimum absolute atomic E-state index is 0.529. The number of nitrogens with one attached hydrogen (secondary N) is 1. The van der Waals surface area contributed by atoms with Gasteiger partial charge in [0, 0.05) is 12.8 Å². The van der Waals surface area contributed by atoms with Crippen LogP contribution in [0.3, 0.4) is 0 Å². The minimum Gasteiger partial charge on any atom is -0.323 e. The van der Waals surface area contributed by atoms with Crippen molar-refractivity contribution in [2.24, 2.45) is 11.1 Å². The van der Waals surface area contributed by atoms with Crippen LogP contribution in [0.2, 0.25) is 0 Å². The minimum atomic E-state index is -0.529. The summed E-state index contributed by atoms with van der Waals surface area (Å²) in [6, 6.07) is 0. The van der Waals surface area contributed by atoms with Gasteiger partial charge in [0.1, 0.15) is 0 Å². The summed E-state index contributed by atoms with van der Waals surface area (Å²) in [6.45, 7) is 6.18. The Balaban J connectivity index is 3.62. The average molecular weight is 218 g/mol. The molecule has 0 bridgehead atoms. The van der Waals surface area contributed by atoms with Crippen LogP contribution in [-0.4, -0.2) is 30.4 Å². The van der Waals surface area contributed by atoms with Gasteiger partial charge >= 0.3 is 6.09 Å².